The van der Waals surface area contributed by atoms with Gasteiger partial charge in [-0.1, -0.05) is 0 Å². The first-order valence-electron chi connectivity index (χ1n) is 7.66. The summed E-state index contributed by atoms with van der Waals surface area (Å²) < 4.78 is 51.7. The summed E-state index contributed by atoms with van der Waals surface area (Å²) in [5.41, 5.74) is 0.746. The SMILES string of the molecule is Cc1cc(C(F)(F)I)nn1-c1ccc(NC(=O)c2ccc(F)cc2F)cc1. The number of nitrogens with zero attached hydrogens (tertiary/aromatic N) is 2. The molecule has 0 unspecified atom stereocenters. The molecule has 0 radical (unpaired) electrons. The highest BCUT2D eigenvalue weighted by molar-refractivity contribution is 14.1. The molecule has 0 atom stereocenters. The number of hydrogen-bond donors (Lipinski definition) is 1. The van der Waals surface area contributed by atoms with E-state index in [2.05, 4.69) is 10.4 Å². The van der Waals surface area contributed by atoms with Crippen LogP contribution >= 0.6 is 22.6 Å². The Labute approximate surface area is 165 Å². The Morgan fingerprint density at radius 3 is 2.33 bits per heavy atom. The van der Waals surface area contributed by atoms with E-state index in [9.17, 15) is 22.4 Å². The van der Waals surface area contributed by atoms with Crippen LogP contribution in [0.4, 0.5) is 23.2 Å². The van der Waals surface area contributed by atoms with Gasteiger partial charge in [-0.25, -0.2) is 13.5 Å². The largest absolute Gasteiger partial charge is 0.339 e. The maximum absolute atomic E-state index is 13.7. The van der Waals surface area contributed by atoms with Crippen LogP contribution in [0, 0.1) is 18.6 Å². The van der Waals surface area contributed by atoms with E-state index in [1.165, 1.54) is 22.9 Å². The van der Waals surface area contributed by atoms with E-state index in [0.29, 0.717) is 23.1 Å². The number of aryl methyl sites for hydroxylation is 1. The molecule has 27 heavy (non-hydrogen) atoms. The molecule has 1 amide bonds. The van der Waals surface area contributed by atoms with Crippen molar-refractivity contribution in [2.24, 2.45) is 0 Å². The zero-order chi connectivity index (χ0) is 19.8. The van der Waals surface area contributed by atoms with E-state index in [0.717, 1.165) is 34.7 Å². The molecule has 0 aliphatic heterocycles. The van der Waals surface area contributed by atoms with Gasteiger partial charge in [0.25, 0.3) is 5.91 Å². The molecule has 1 heterocycles. The zero-order valence-corrected chi connectivity index (χ0v) is 16.0. The molecule has 2 aromatic carbocycles. The number of benzene rings is 2. The van der Waals surface area contributed by atoms with E-state index in [-0.39, 0.29) is 11.3 Å². The van der Waals surface area contributed by atoms with Crippen LogP contribution < -0.4 is 5.32 Å². The minimum Gasteiger partial charge on any atom is -0.322 e. The quantitative estimate of drug-likeness (QED) is 0.312. The summed E-state index contributed by atoms with van der Waals surface area (Å²) in [7, 11) is 0. The third-order valence-corrected chi connectivity index (χ3v) is 4.28. The highest BCUT2D eigenvalue weighted by atomic mass is 127. The van der Waals surface area contributed by atoms with Gasteiger partial charge in [0.15, 0.2) is 0 Å². The predicted octanol–water partition coefficient (Wildman–Crippen LogP) is 5.20. The van der Waals surface area contributed by atoms with Gasteiger partial charge in [0, 0.05) is 40.0 Å². The van der Waals surface area contributed by atoms with Crippen LogP contribution in [0.1, 0.15) is 21.7 Å². The second-order valence-electron chi connectivity index (χ2n) is 5.71. The molecule has 0 aliphatic carbocycles. The van der Waals surface area contributed by atoms with Crippen molar-refractivity contribution < 1.29 is 22.4 Å². The molecule has 3 rings (SSSR count). The summed E-state index contributed by atoms with van der Waals surface area (Å²) >= 11 is 1.01. The lowest BCUT2D eigenvalue weighted by Crippen LogP contribution is -2.14. The summed E-state index contributed by atoms with van der Waals surface area (Å²) in [5, 5.41) is 6.39. The van der Waals surface area contributed by atoms with Gasteiger partial charge < -0.3 is 5.32 Å². The Morgan fingerprint density at radius 2 is 1.78 bits per heavy atom. The molecule has 9 heteroatoms. The number of anilines is 1. The number of aromatic nitrogens is 2. The summed E-state index contributed by atoms with van der Waals surface area (Å²) in [5.74, 6) is -2.48. The maximum atomic E-state index is 13.7. The van der Waals surface area contributed by atoms with Crippen molar-refractivity contribution in [2.75, 3.05) is 5.32 Å². The molecule has 1 N–H and O–H groups in total. The van der Waals surface area contributed by atoms with Crippen LogP contribution in [0.2, 0.25) is 0 Å². The lowest BCUT2D eigenvalue weighted by atomic mass is 10.2. The average Bonchev–Trinajstić information content (AvgIpc) is 2.97. The Hall–Kier alpha value is -2.43. The molecule has 0 saturated carbocycles. The van der Waals surface area contributed by atoms with Gasteiger partial charge in [0.1, 0.15) is 17.3 Å². The molecule has 0 spiro atoms. The molecule has 140 valence electrons. The number of amides is 1. The second-order valence-corrected chi connectivity index (χ2v) is 7.06. The van der Waals surface area contributed by atoms with Crippen molar-refractivity contribution in [3.63, 3.8) is 0 Å². The third-order valence-electron chi connectivity index (χ3n) is 3.72. The molecule has 0 bridgehead atoms. The molecule has 4 nitrogen and oxygen atoms in total. The Bertz CT molecular complexity index is 997. The Kier molecular flexibility index (Phi) is 5.22. The fourth-order valence-electron chi connectivity index (χ4n) is 2.43. The smallest absolute Gasteiger partial charge is 0.322 e. The van der Waals surface area contributed by atoms with Gasteiger partial charge >= 0.3 is 3.93 Å². The topological polar surface area (TPSA) is 46.9 Å². The number of rotatable bonds is 4. The summed E-state index contributed by atoms with van der Waals surface area (Å²) in [6, 6.07) is 10.2. The van der Waals surface area contributed by atoms with E-state index in [1.54, 1.807) is 19.1 Å². The number of carbonyl (C=O) groups excluding carboxylic acids is 1. The van der Waals surface area contributed by atoms with Crippen molar-refractivity contribution in [3.05, 3.63) is 77.1 Å². The number of nitrogens with one attached hydrogen (secondary N) is 1. The lowest BCUT2D eigenvalue weighted by Gasteiger charge is -2.09. The van der Waals surface area contributed by atoms with E-state index >= 15 is 0 Å². The van der Waals surface area contributed by atoms with Crippen LogP contribution in [0.25, 0.3) is 5.69 Å². The van der Waals surface area contributed by atoms with Gasteiger partial charge in [-0.2, -0.15) is 13.9 Å². The summed E-state index contributed by atoms with van der Waals surface area (Å²) in [4.78, 5) is 12.1. The molecular weight excluding hydrogens is 477 g/mol. The zero-order valence-electron chi connectivity index (χ0n) is 13.8. The van der Waals surface area contributed by atoms with Gasteiger partial charge in [-0.05, 0) is 49.4 Å². The predicted molar refractivity (Wildman–Crippen MR) is 101 cm³/mol. The first kappa shape index (κ1) is 19.3. The standard InChI is InChI=1S/C18H12F4IN3O/c1-10-8-16(18(21,22)23)25-26(10)13-5-3-12(4-6-13)24-17(27)14-7-2-11(19)9-15(14)20/h2-9H,1H3,(H,24,27). The minimum atomic E-state index is -3.08. The molecule has 0 fully saturated rings. The van der Waals surface area contributed by atoms with Crippen LogP contribution in [0.5, 0.6) is 0 Å². The average molecular weight is 489 g/mol. The molecule has 0 aliphatic rings. The summed E-state index contributed by atoms with van der Waals surface area (Å²) in [6.07, 6.45) is 0. The summed E-state index contributed by atoms with van der Waals surface area (Å²) in [6.45, 7) is 1.64. The van der Waals surface area contributed by atoms with Crippen molar-refractivity contribution in [3.8, 4) is 5.69 Å². The number of alkyl halides is 3. The Balaban J connectivity index is 1.80. The fraction of sp³-hybridized carbons (Fsp3) is 0.111. The fourth-order valence-corrected chi connectivity index (χ4v) is 2.70. The highest BCUT2D eigenvalue weighted by Gasteiger charge is 2.31. The maximum Gasteiger partial charge on any atom is 0.339 e. The van der Waals surface area contributed by atoms with Crippen molar-refractivity contribution in [1.82, 2.24) is 9.78 Å². The number of hydrogen-bond acceptors (Lipinski definition) is 2. The lowest BCUT2D eigenvalue weighted by molar-refractivity contribution is 0.102. The second kappa shape index (κ2) is 7.29. The van der Waals surface area contributed by atoms with Gasteiger partial charge in [0.05, 0.1) is 11.3 Å². The van der Waals surface area contributed by atoms with Gasteiger partial charge in [-0.3, -0.25) is 4.79 Å². The minimum absolute atomic E-state index is 0.294. The first-order valence-corrected chi connectivity index (χ1v) is 8.74. The van der Waals surface area contributed by atoms with Gasteiger partial charge in [-0.15, -0.1) is 0 Å². The first-order chi connectivity index (χ1) is 12.6. The Morgan fingerprint density at radius 1 is 1.11 bits per heavy atom. The van der Waals surface area contributed by atoms with Crippen LogP contribution in [0.15, 0.2) is 48.5 Å². The number of carbonyl (C=O) groups is 1. The van der Waals surface area contributed by atoms with E-state index < -0.39 is 21.5 Å². The van der Waals surface area contributed by atoms with Crippen LogP contribution in [-0.4, -0.2) is 15.7 Å². The molecular formula is C18H12F4IN3O. The van der Waals surface area contributed by atoms with E-state index in [1.807, 2.05) is 0 Å². The number of halogens is 5. The highest BCUT2D eigenvalue weighted by Crippen LogP contribution is 2.34. The molecule has 0 saturated heterocycles. The van der Waals surface area contributed by atoms with Crippen molar-refractivity contribution >= 4 is 34.2 Å². The molecule has 3 aromatic rings. The van der Waals surface area contributed by atoms with Crippen molar-refractivity contribution in [2.45, 2.75) is 10.9 Å². The molecule has 1 aromatic heterocycles. The monoisotopic (exact) mass is 489 g/mol. The van der Waals surface area contributed by atoms with Gasteiger partial charge in [0.2, 0.25) is 0 Å². The van der Waals surface area contributed by atoms with Crippen LogP contribution in [-0.2, 0) is 3.93 Å². The third kappa shape index (κ3) is 4.29. The normalized spacial score (nSPS) is 11.5. The van der Waals surface area contributed by atoms with Crippen LogP contribution in [0.3, 0.4) is 0 Å². The van der Waals surface area contributed by atoms with Crippen molar-refractivity contribution in [1.29, 1.82) is 0 Å². The van der Waals surface area contributed by atoms with E-state index in [4.69, 9.17) is 0 Å².